The minimum absolute atomic E-state index is 0.196. The number of hydrogen-bond acceptors (Lipinski definition) is 2. The van der Waals surface area contributed by atoms with Crippen molar-refractivity contribution in [2.75, 3.05) is 19.3 Å². The average molecular weight is 223 g/mol. The zero-order valence-electron chi connectivity index (χ0n) is 10.4. The Morgan fingerprint density at radius 3 is 1.93 bits per heavy atom. The number of rotatable bonds is 5. The summed E-state index contributed by atoms with van der Waals surface area (Å²) in [5, 5.41) is 0. The van der Waals surface area contributed by atoms with Gasteiger partial charge in [-0.1, -0.05) is 27.7 Å². The van der Waals surface area contributed by atoms with Crippen molar-refractivity contribution in [2.24, 2.45) is 5.92 Å². The highest BCUT2D eigenvalue weighted by Crippen LogP contribution is 2.04. The molecule has 0 spiro atoms. The van der Waals surface area contributed by atoms with Gasteiger partial charge in [-0.3, -0.25) is 0 Å². The van der Waals surface area contributed by atoms with Crippen LogP contribution in [0, 0.1) is 5.92 Å². The molecule has 0 radical (unpaired) electrons. The molecule has 0 saturated heterocycles. The molecule has 0 aliphatic carbocycles. The molecule has 0 amide bonds. The van der Waals surface area contributed by atoms with E-state index in [1.54, 1.807) is 14.0 Å². The zero-order chi connectivity index (χ0) is 11.8. The van der Waals surface area contributed by atoms with Crippen molar-refractivity contribution in [1.82, 2.24) is 4.31 Å². The molecular weight excluding hydrogens is 198 g/mol. The first-order valence-corrected chi connectivity index (χ1v) is 6.95. The van der Waals surface area contributed by atoms with E-state index in [1.165, 1.54) is 4.31 Å². The normalized spacial score (nSPS) is 11.4. The van der Waals surface area contributed by atoms with Crippen LogP contribution < -0.4 is 0 Å². The maximum Gasteiger partial charge on any atom is 0.213 e. The van der Waals surface area contributed by atoms with E-state index in [1.807, 2.05) is 13.8 Å². The van der Waals surface area contributed by atoms with Crippen molar-refractivity contribution in [3.63, 3.8) is 0 Å². The molecule has 0 atom stereocenters. The summed E-state index contributed by atoms with van der Waals surface area (Å²) in [6.45, 7) is 10.5. The van der Waals surface area contributed by atoms with Crippen LogP contribution in [0.2, 0.25) is 0 Å². The third-order valence-corrected chi connectivity index (χ3v) is 3.72. The largest absolute Gasteiger partial charge is 0.213 e. The molecule has 0 N–H and O–H groups in total. The van der Waals surface area contributed by atoms with Crippen molar-refractivity contribution in [2.45, 2.75) is 41.0 Å². The maximum absolute atomic E-state index is 11.2. The molecule has 0 aromatic heterocycles. The van der Waals surface area contributed by atoms with Crippen LogP contribution in [0.1, 0.15) is 41.0 Å². The second-order valence-electron chi connectivity index (χ2n) is 3.40. The van der Waals surface area contributed by atoms with Crippen LogP contribution in [0.5, 0.6) is 0 Å². The quantitative estimate of drug-likeness (QED) is 0.717. The molecule has 3 nitrogen and oxygen atoms in total. The van der Waals surface area contributed by atoms with Gasteiger partial charge in [0.1, 0.15) is 0 Å². The van der Waals surface area contributed by atoms with Gasteiger partial charge in [0.2, 0.25) is 10.0 Å². The average Bonchev–Trinajstić information content (AvgIpc) is 2.17. The summed E-state index contributed by atoms with van der Waals surface area (Å²) in [7, 11) is -1.32. The molecule has 0 fully saturated rings. The van der Waals surface area contributed by atoms with Crippen LogP contribution >= 0.6 is 0 Å². The Labute approximate surface area is 89.6 Å². The fourth-order valence-electron chi connectivity index (χ4n) is 0.799. The molecule has 0 aromatic rings. The van der Waals surface area contributed by atoms with Crippen LogP contribution in [0.4, 0.5) is 0 Å². The second-order valence-corrected chi connectivity index (χ2v) is 5.77. The molecule has 0 aromatic carbocycles. The van der Waals surface area contributed by atoms with Gasteiger partial charge in [0.25, 0.3) is 0 Å². The van der Waals surface area contributed by atoms with Crippen LogP contribution in [-0.4, -0.2) is 32.1 Å². The lowest BCUT2D eigenvalue weighted by molar-refractivity contribution is 0.429. The molecule has 4 heteroatoms. The summed E-state index contributed by atoms with van der Waals surface area (Å²) < 4.78 is 23.9. The van der Waals surface area contributed by atoms with Crippen LogP contribution in [0.3, 0.4) is 0 Å². The summed E-state index contributed by atoms with van der Waals surface area (Å²) in [4.78, 5) is 0. The standard InChI is InChI=1S/C8H19NO2S.C2H6/c1-5-12(10,11)9(4)7-6-8(2)3;1-2/h8H,5-7H2,1-4H3;1-2H3. The van der Waals surface area contributed by atoms with Crippen LogP contribution in [-0.2, 0) is 10.0 Å². The van der Waals surface area contributed by atoms with Gasteiger partial charge in [-0.15, -0.1) is 0 Å². The van der Waals surface area contributed by atoms with Gasteiger partial charge >= 0.3 is 0 Å². The van der Waals surface area contributed by atoms with Crippen LogP contribution in [0.25, 0.3) is 0 Å². The monoisotopic (exact) mass is 223 g/mol. The number of nitrogens with zero attached hydrogens (tertiary/aromatic N) is 1. The molecule has 88 valence electrons. The molecule has 0 unspecified atom stereocenters. The van der Waals surface area contributed by atoms with E-state index < -0.39 is 10.0 Å². The predicted octanol–water partition coefficient (Wildman–Crippen LogP) is 2.34. The summed E-state index contributed by atoms with van der Waals surface area (Å²) in [5.74, 6) is 0.751. The van der Waals surface area contributed by atoms with Gasteiger partial charge in [-0.2, -0.15) is 0 Å². The minimum atomic E-state index is -2.96. The molecule has 0 aliphatic rings. The molecule has 14 heavy (non-hydrogen) atoms. The fraction of sp³-hybridized carbons (Fsp3) is 1.00. The summed E-state index contributed by atoms with van der Waals surface area (Å²) in [6.07, 6.45) is 0.926. The Morgan fingerprint density at radius 1 is 1.21 bits per heavy atom. The molecule has 0 heterocycles. The highest BCUT2D eigenvalue weighted by Gasteiger charge is 2.14. The van der Waals surface area contributed by atoms with Crippen LogP contribution in [0.15, 0.2) is 0 Å². The minimum Gasteiger partial charge on any atom is -0.212 e. The van der Waals surface area contributed by atoms with Crippen molar-refractivity contribution in [3.8, 4) is 0 Å². The van der Waals surface area contributed by atoms with E-state index in [-0.39, 0.29) is 5.75 Å². The van der Waals surface area contributed by atoms with Gasteiger partial charge in [0.15, 0.2) is 0 Å². The Kier molecular flexibility index (Phi) is 9.62. The van der Waals surface area contributed by atoms with Gasteiger partial charge in [0, 0.05) is 13.6 Å². The van der Waals surface area contributed by atoms with E-state index in [4.69, 9.17) is 0 Å². The molecular formula is C10H25NO2S. The molecule has 0 rings (SSSR count). The number of hydrogen-bond donors (Lipinski definition) is 0. The van der Waals surface area contributed by atoms with Crippen molar-refractivity contribution >= 4 is 10.0 Å². The Morgan fingerprint density at radius 2 is 1.64 bits per heavy atom. The SMILES string of the molecule is CC.CCS(=O)(=O)N(C)CCC(C)C. The van der Waals surface area contributed by atoms with E-state index in [9.17, 15) is 8.42 Å². The first-order chi connectivity index (χ1) is 6.40. The van der Waals surface area contributed by atoms with E-state index in [0.29, 0.717) is 12.5 Å². The smallest absolute Gasteiger partial charge is 0.212 e. The topological polar surface area (TPSA) is 37.4 Å². The Bertz CT molecular complexity index is 210. The van der Waals surface area contributed by atoms with E-state index in [0.717, 1.165) is 6.42 Å². The van der Waals surface area contributed by atoms with Crippen molar-refractivity contribution in [3.05, 3.63) is 0 Å². The van der Waals surface area contributed by atoms with Gasteiger partial charge in [-0.05, 0) is 19.3 Å². The van der Waals surface area contributed by atoms with E-state index >= 15 is 0 Å². The lowest BCUT2D eigenvalue weighted by Gasteiger charge is -2.16. The third-order valence-electron chi connectivity index (χ3n) is 1.86. The third kappa shape index (κ3) is 7.33. The molecule has 0 saturated carbocycles. The van der Waals surface area contributed by atoms with Gasteiger partial charge < -0.3 is 0 Å². The maximum atomic E-state index is 11.2. The highest BCUT2D eigenvalue weighted by atomic mass is 32.2. The molecule has 0 bridgehead atoms. The van der Waals surface area contributed by atoms with Crippen molar-refractivity contribution in [1.29, 1.82) is 0 Å². The van der Waals surface area contributed by atoms with Crippen molar-refractivity contribution < 1.29 is 8.42 Å². The summed E-state index contributed by atoms with van der Waals surface area (Å²) in [6, 6.07) is 0. The fourth-order valence-corrected chi connectivity index (χ4v) is 1.62. The highest BCUT2D eigenvalue weighted by molar-refractivity contribution is 7.89. The first-order valence-electron chi connectivity index (χ1n) is 5.34. The summed E-state index contributed by atoms with van der Waals surface area (Å²) >= 11 is 0. The Hall–Kier alpha value is -0.0900. The second kappa shape index (κ2) is 8.24. The lowest BCUT2D eigenvalue weighted by Crippen LogP contribution is -2.29. The lowest BCUT2D eigenvalue weighted by atomic mass is 10.1. The predicted molar refractivity (Wildman–Crippen MR) is 62.9 cm³/mol. The van der Waals surface area contributed by atoms with Gasteiger partial charge in [-0.25, -0.2) is 12.7 Å². The summed E-state index contributed by atoms with van der Waals surface area (Å²) in [5.41, 5.74) is 0. The molecule has 0 aliphatic heterocycles. The zero-order valence-corrected chi connectivity index (χ0v) is 11.2. The number of sulfonamides is 1. The van der Waals surface area contributed by atoms with E-state index in [2.05, 4.69) is 13.8 Å². The first kappa shape index (κ1) is 16.3. The van der Waals surface area contributed by atoms with Gasteiger partial charge in [0.05, 0.1) is 5.75 Å². The Balaban J connectivity index is 0.